The van der Waals surface area contributed by atoms with Crippen molar-refractivity contribution in [3.63, 3.8) is 0 Å². The maximum Gasteiger partial charge on any atom is 0.424 e. The summed E-state index contributed by atoms with van der Waals surface area (Å²) < 4.78 is 45.2. The van der Waals surface area contributed by atoms with E-state index < -0.39 is 35.3 Å². The largest absolute Gasteiger partial charge is 0.463 e. The van der Waals surface area contributed by atoms with Gasteiger partial charge < -0.3 is 9.84 Å². The van der Waals surface area contributed by atoms with Crippen LogP contribution >= 0.6 is 11.3 Å². The van der Waals surface area contributed by atoms with Gasteiger partial charge in [0, 0.05) is 0 Å². The third kappa shape index (κ3) is 3.22. The van der Waals surface area contributed by atoms with Crippen molar-refractivity contribution in [1.29, 1.82) is 0 Å². The summed E-state index contributed by atoms with van der Waals surface area (Å²) in [4.78, 5) is 15.4. The second kappa shape index (κ2) is 5.85. The summed E-state index contributed by atoms with van der Waals surface area (Å²) in [7, 11) is 0. The number of hydrogen-bond acceptors (Lipinski definition) is 5. The summed E-state index contributed by atoms with van der Waals surface area (Å²) in [5, 5.41) is 9.56. The van der Waals surface area contributed by atoms with Gasteiger partial charge in [-0.1, -0.05) is 12.1 Å². The predicted molar refractivity (Wildman–Crippen MR) is 75.4 cm³/mol. The van der Waals surface area contributed by atoms with E-state index in [2.05, 4.69) is 4.98 Å². The van der Waals surface area contributed by atoms with Gasteiger partial charge in [-0.3, -0.25) is 4.79 Å². The number of alkyl halides is 3. The minimum absolute atomic E-state index is 0.336. The van der Waals surface area contributed by atoms with E-state index in [4.69, 9.17) is 4.74 Å². The standard InChI is InChI=1S/C14H14F3NO3S/c1-8(2)21-11(19)7-13(20,14(15,16)17)12-18-9-5-3-4-6-10(9)22-12/h3-6,8,20H,7H2,1-2H3/t13-/m0/s1. The highest BCUT2D eigenvalue weighted by Crippen LogP contribution is 2.44. The number of fused-ring (bicyclic) bond motifs is 1. The summed E-state index contributed by atoms with van der Waals surface area (Å²) in [5.74, 6) is -1.13. The molecule has 2 aromatic rings. The zero-order chi connectivity index (χ0) is 16.5. The summed E-state index contributed by atoms with van der Waals surface area (Å²) in [5.41, 5.74) is -3.02. The fourth-order valence-corrected chi connectivity index (χ4v) is 2.93. The number of nitrogens with zero attached hydrogens (tertiary/aromatic N) is 1. The average Bonchev–Trinajstić information content (AvgIpc) is 2.80. The molecule has 0 amide bonds. The molecule has 1 atom stereocenters. The lowest BCUT2D eigenvalue weighted by Crippen LogP contribution is -2.44. The number of aliphatic hydroxyl groups is 1. The Morgan fingerprint density at radius 3 is 2.55 bits per heavy atom. The highest BCUT2D eigenvalue weighted by atomic mass is 32.1. The summed E-state index contributed by atoms with van der Waals surface area (Å²) >= 11 is 0.703. The fraction of sp³-hybridized carbons (Fsp3) is 0.429. The summed E-state index contributed by atoms with van der Waals surface area (Å²) in [6, 6.07) is 6.42. The Kier molecular flexibility index (Phi) is 4.44. The van der Waals surface area contributed by atoms with E-state index in [0.29, 0.717) is 21.6 Å². The maximum atomic E-state index is 13.3. The van der Waals surface area contributed by atoms with Crippen LogP contribution < -0.4 is 0 Å². The van der Waals surface area contributed by atoms with Crippen LogP contribution in [0.4, 0.5) is 13.2 Å². The van der Waals surface area contributed by atoms with E-state index >= 15 is 0 Å². The number of thiazole rings is 1. The molecule has 4 nitrogen and oxygen atoms in total. The number of aromatic nitrogens is 1. The normalized spacial score (nSPS) is 15.0. The SMILES string of the molecule is CC(C)OC(=O)C[C@](O)(c1nc2ccccc2s1)C(F)(F)F. The van der Waals surface area contributed by atoms with E-state index in [1.165, 1.54) is 13.8 Å². The van der Waals surface area contributed by atoms with Gasteiger partial charge in [-0.2, -0.15) is 13.2 Å². The first-order chi connectivity index (χ1) is 10.1. The lowest BCUT2D eigenvalue weighted by molar-refractivity contribution is -0.269. The third-order valence-electron chi connectivity index (χ3n) is 2.88. The first-order valence-electron chi connectivity index (χ1n) is 6.48. The van der Waals surface area contributed by atoms with Crippen molar-refractivity contribution >= 4 is 27.5 Å². The molecule has 1 N–H and O–H groups in total. The smallest absolute Gasteiger partial charge is 0.424 e. The lowest BCUT2D eigenvalue weighted by atomic mass is 10.00. The number of hydrogen-bond donors (Lipinski definition) is 1. The quantitative estimate of drug-likeness (QED) is 0.872. The van der Waals surface area contributed by atoms with Crippen LogP contribution in [0.2, 0.25) is 0 Å². The molecule has 0 saturated heterocycles. The van der Waals surface area contributed by atoms with Gasteiger partial charge in [0.05, 0.1) is 22.7 Å². The van der Waals surface area contributed by atoms with Gasteiger partial charge in [0.25, 0.3) is 0 Å². The number of rotatable bonds is 4. The lowest BCUT2D eigenvalue weighted by Gasteiger charge is -2.27. The molecule has 1 heterocycles. The fourth-order valence-electron chi connectivity index (χ4n) is 1.86. The molecule has 0 bridgehead atoms. The number of para-hydroxylation sites is 1. The zero-order valence-corrected chi connectivity index (χ0v) is 12.7. The number of ether oxygens (including phenoxy) is 1. The second-order valence-corrected chi connectivity index (χ2v) is 6.09. The molecule has 120 valence electrons. The Hall–Kier alpha value is -1.67. The van der Waals surface area contributed by atoms with Crippen molar-refractivity contribution in [3.8, 4) is 0 Å². The molecule has 0 saturated carbocycles. The Morgan fingerprint density at radius 2 is 2.00 bits per heavy atom. The van der Waals surface area contributed by atoms with Gasteiger partial charge in [0.15, 0.2) is 0 Å². The van der Waals surface area contributed by atoms with Gasteiger partial charge >= 0.3 is 12.1 Å². The van der Waals surface area contributed by atoms with E-state index in [0.717, 1.165) is 0 Å². The molecule has 0 aliphatic carbocycles. The minimum atomic E-state index is -5.04. The van der Waals surface area contributed by atoms with Gasteiger partial charge in [-0.15, -0.1) is 11.3 Å². The molecule has 0 spiro atoms. The van der Waals surface area contributed by atoms with Crippen molar-refractivity contribution in [1.82, 2.24) is 4.98 Å². The molecule has 0 aliphatic rings. The molecule has 8 heteroatoms. The maximum absolute atomic E-state index is 13.3. The molecular weight excluding hydrogens is 319 g/mol. The van der Waals surface area contributed by atoms with Crippen molar-refractivity contribution in [2.24, 2.45) is 0 Å². The van der Waals surface area contributed by atoms with Crippen molar-refractivity contribution in [2.75, 3.05) is 0 Å². The Balaban J connectivity index is 2.43. The molecule has 22 heavy (non-hydrogen) atoms. The van der Waals surface area contributed by atoms with Gasteiger partial charge in [-0.25, -0.2) is 4.98 Å². The molecule has 0 fully saturated rings. The topological polar surface area (TPSA) is 59.4 Å². The predicted octanol–water partition coefficient (Wildman–Crippen LogP) is 3.39. The van der Waals surface area contributed by atoms with Crippen LogP contribution in [0.15, 0.2) is 24.3 Å². The molecule has 0 unspecified atom stereocenters. The van der Waals surface area contributed by atoms with Crippen LogP contribution in [-0.2, 0) is 15.1 Å². The minimum Gasteiger partial charge on any atom is -0.463 e. The van der Waals surface area contributed by atoms with Gasteiger partial charge in [-0.05, 0) is 26.0 Å². The Labute approximate surface area is 128 Å². The van der Waals surface area contributed by atoms with E-state index in [-0.39, 0.29) is 0 Å². The van der Waals surface area contributed by atoms with Crippen LogP contribution in [0.25, 0.3) is 10.2 Å². The zero-order valence-electron chi connectivity index (χ0n) is 11.8. The highest BCUT2D eigenvalue weighted by Gasteiger charge is 2.58. The first-order valence-corrected chi connectivity index (χ1v) is 7.30. The van der Waals surface area contributed by atoms with Crippen molar-refractivity contribution in [2.45, 2.75) is 38.1 Å². The number of benzene rings is 1. The molecule has 0 radical (unpaired) electrons. The Bertz CT molecular complexity index is 650. The first kappa shape index (κ1) is 16.7. The summed E-state index contributed by atoms with van der Waals surface area (Å²) in [6.07, 6.45) is -6.84. The number of halogens is 3. The van der Waals surface area contributed by atoms with Crippen molar-refractivity contribution < 1.29 is 27.8 Å². The van der Waals surface area contributed by atoms with Gasteiger partial charge in [0.1, 0.15) is 5.01 Å². The highest BCUT2D eigenvalue weighted by molar-refractivity contribution is 7.18. The monoisotopic (exact) mass is 333 g/mol. The molecule has 0 aliphatic heterocycles. The molecular formula is C14H14F3NO3S. The number of carbonyl (C=O) groups excluding carboxylic acids is 1. The van der Waals surface area contributed by atoms with E-state index in [1.807, 2.05) is 0 Å². The van der Waals surface area contributed by atoms with Crippen LogP contribution in [0.5, 0.6) is 0 Å². The Morgan fingerprint density at radius 1 is 1.36 bits per heavy atom. The summed E-state index contributed by atoms with van der Waals surface area (Å²) in [6.45, 7) is 3.03. The van der Waals surface area contributed by atoms with Crippen LogP contribution in [-0.4, -0.2) is 28.3 Å². The van der Waals surface area contributed by atoms with Crippen molar-refractivity contribution in [3.05, 3.63) is 29.3 Å². The molecule has 2 rings (SSSR count). The van der Waals surface area contributed by atoms with Crippen LogP contribution in [0.1, 0.15) is 25.3 Å². The van der Waals surface area contributed by atoms with Crippen LogP contribution in [0.3, 0.4) is 0 Å². The van der Waals surface area contributed by atoms with E-state index in [9.17, 15) is 23.1 Å². The molecule has 1 aromatic carbocycles. The second-order valence-electron chi connectivity index (χ2n) is 5.06. The van der Waals surface area contributed by atoms with Gasteiger partial charge in [0.2, 0.25) is 5.60 Å². The average molecular weight is 333 g/mol. The number of esters is 1. The number of carbonyl (C=O) groups is 1. The van der Waals surface area contributed by atoms with Crippen LogP contribution in [0, 0.1) is 0 Å². The molecule has 1 aromatic heterocycles. The van der Waals surface area contributed by atoms with E-state index in [1.54, 1.807) is 24.3 Å². The third-order valence-corrected chi connectivity index (χ3v) is 4.07.